The summed E-state index contributed by atoms with van der Waals surface area (Å²) in [4.78, 5) is 13.0. The van der Waals surface area contributed by atoms with Crippen LogP contribution in [0.5, 0.6) is 5.75 Å². The second-order valence-corrected chi connectivity index (χ2v) is 5.66. The first-order chi connectivity index (χ1) is 9.61. The van der Waals surface area contributed by atoms with Crippen LogP contribution >= 0.6 is 22.9 Å². The predicted octanol–water partition coefficient (Wildman–Crippen LogP) is 3.56. The average Bonchev–Trinajstić information content (AvgIpc) is 2.91. The Morgan fingerprint density at radius 3 is 2.70 bits per heavy atom. The van der Waals surface area contributed by atoms with Crippen LogP contribution < -0.4 is 10.2 Å². The highest BCUT2D eigenvalue weighted by molar-refractivity contribution is 7.18. The van der Waals surface area contributed by atoms with E-state index in [4.69, 9.17) is 16.3 Å². The fourth-order valence-electron chi connectivity index (χ4n) is 1.59. The molecule has 0 saturated carbocycles. The minimum atomic E-state index is -0.315. The van der Waals surface area contributed by atoms with E-state index < -0.39 is 0 Å². The van der Waals surface area contributed by atoms with Crippen molar-refractivity contribution in [1.29, 1.82) is 0 Å². The number of nitrogens with one attached hydrogen (secondary N) is 1. The Balaban J connectivity index is 2.12. The fraction of sp³-hybridized carbons (Fsp3) is 0.143. The van der Waals surface area contributed by atoms with Gasteiger partial charge in [-0.3, -0.25) is 4.79 Å². The van der Waals surface area contributed by atoms with Gasteiger partial charge < -0.3 is 4.74 Å². The molecule has 1 aromatic heterocycles. The van der Waals surface area contributed by atoms with Crippen LogP contribution in [-0.4, -0.2) is 18.7 Å². The minimum Gasteiger partial charge on any atom is -0.496 e. The summed E-state index contributed by atoms with van der Waals surface area (Å²) in [5.41, 5.74) is 3.65. The van der Waals surface area contributed by atoms with Crippen molar-refractivity contribution in [1.82, 2.24) is 5.43 Å². The first-order valence-corrected chi connectivity index (χ1v) is 7.04. The zero-order valence-electron chi connectivity index (χ0n) is 11.0. The maximum Gasteiger partial charge on any atom is 0.275 e. The molecule has 4 nitrogen and oxygen atoms in total. The van der Waals surface area contributed by atoms with Gasteiger partial charge >= 0.3 is 0 Å². The van der Waals surface area contributed by atoms with Crippen molar-refractivity contribution in [3.8, 4) is 5.75 Å². The number of carbonyl (C=O) groups excluding carboxylic acids is 1. The van der Waals surface area contributed by atoms with Crippen molar-refractivity contribution < 1.29 is 9.53 Å². The van der Waals surface area contributed by atoms with Crippen LogP contribution in [0.2, 0.25) is 4.34 Å². The van der Waals surface area contributed by atoms with E-state index in [1.54, 1.807) is 30.3 Å². The summed E-state index contributed by atoms with van der Waals surface area (Å²) in [6.45, 7) is 1.81. The molecule has 0 unspecified atom stereocenters. The number of hydrazone groups is 1. The second-order valence-electron chi connectivity index (χ2n) is 3.94. The molecule has 104 valence electrons. The molecule has 0 fully saturated rings. The van der Waals surface area contributed by atoms with Crippen LogP contribution in [0.15, 0.2) is 41.5 Å². The van der Waals surface area contributed by atoms with Crippen LogP contribution in [0, 0.1) is 0 Å². The van der Waals surface area contributed by atoms with Crippen LogP contribution in [-0.2, 0) is 0 Å². The number of ether oxygens (including phenoxy) is 1. The number of hydrogen-bond donors (Lipinski definition) is 1. The highest BCUT2D eigenvalue weighted by Gasteiger charge is 2.11. The molecule has 0 atom stereocenters. The van der Waals surface area contributed by atoms with E-state index in [1.165, 1.54) is 18.4 Å². The van der Waals surface area contributed by atoms with E-state index in [9.17, 15) is 4.79 Å². The van der Waals surface area contributed by atoms with Crippen LogP contribution in [0.1, 0.15) is 22.2 Å². The molecular weight excluding hydrogens is 296 g/mol. The zero-order valence-corrected chi connectivity index (χ0v) is 12.6. The molecule has 0 spiro atoms. The van der Waals surface area contributed by atoms with Gasteiger partial charge in [0.1, 0.15) is 5.75 Å². The summed E-state index contributed by atoms with van der Waals surface area (Å²) in [5.74, 6) is 0.196. The van der Waals surface area contributed by atoms with Gasteiger partial charge in [-0.2, -0.15) is 5.10 Å². The number of methoxy groups -OCH3 is 1. The van der Waals surface area contributed by atoms with E-state index in [-0.39, 0.29) is 5.91 Å². The Kier molecular flexibility index (Phi) is 4.76. The summed E-state index contributed by atoms with van der Waals surface area (Å²) in [7, 11) is 1.52. The van der Waals surface area contributed by atoms with Crippen LogP contribution in [0.3, 0.4) is 0 Å². The highest BCUT2D eigenvalue weighted by Crippen LogP contribution is 2.22. The first kappa shape index (κ1) is 14.6. The van der Waals surface area contributed by atoms with E-state index >= 15 is 0 Å². The molecule has 6 heteroatoms. The molecule has 1 heterocycles. The van der Waals surface area contributed by atoms with E-state index in [0.717, 1.165) is 4.88 Å². The number of nitrogens with zero attached hydrogens (tertiary/aromatic N) is 1. The van der Waals surface area contributed by atoms with Crippen molar-refractivity contribution in [3.63, 3.8) is 0 Å². The molecule has 0 radical (unpaired) electrons. The summed E-state index contributed by atoms with van der Waals surface area (Å²) in [6.07, 6.45) is 0. The smallest absolute Gasteiger partial charge is 0.275 e. The lowest BCUT2D eigenvalue weighted by Crippen LogP contribution is -2.19. The van der Waals surface area contributed by atoms with Crippen molar-refractivity contribution in [3.05, 3.63) is 51.2 Å². The van der Waals surface area contributed by atoms with Gasteiger partial charge in [-0.15, -0.1) is 11.3 Å². The molecule has 2 aromatic rings. The van der Waals surface area contributed by atoms with Gasteiger partial charge in [0.2, 0.25) is 0 Å². The van der Waals surface area contributed by atoms with Crippen molar-refractivity contribution in [2.45, 2.75) is 6.92 Å². The normalized spacial score (nSPS) is 11.2. The topological polar surface area (TPSA) is 50.7 Å². The van der Waals surface area contributed by atoms with Gasteiger partial charge in [-0.1, -0.05) is 23.7 Å². The Morgan fingerprint density at radius 2 is 2.05 bits per heavy atom. The molecule has 0 bridgehead atoms. The zero-order chi connectivity index (χ0) is 14.5. The molecule has 1 N–H and O–H groups in total. The predicted molar refractivity (Wildman–Crippen MR) is 82.0 cm³/mol. The maximum absolute atomic E-state index is 12.0. The van der Waals surface area contributed by atoms with Crippen molar-refractivity contribution >= 4 is 34.6 Å². The number of amides is 1. The molecule has 0 saturated heterocycles. The van der Waals surface area contributed by atoms with Crippen molar-refractivity contribution in [2.24, 2.45) is 5.10 Å². The number of carbonyl (C=O) groups is 1. The van der Waals surface area contributed by atoms with Gasteiger partial charge in [0, 0.05) is 0 Å². The number of rotatable bonds is 4. The molecule has 2 rings (SSSR count). The maximum atomic E-state index is 12.0. The molecule has 0 aliphatic carbocycles. The van der Waals surface area contributed by atoms with Crippen LogP contribution in [0.4, 0.5) is 0 Å². The quantitative estimate of drug-likeness (QED) is 0.693. The van der Waals surface area contributed by atoms with Gasteiger partial charge in [0.25, 0.3) is 5.91 Å². The third-order valence-corrected chi connectivity index (χ3v) is 3.95. The number of hydrogen-bond acceptors (Lipinski definition) is 4. The molecule has 1 aromatic carbocycles. The summed E-state index contributed by atoms with van der Waals surface area (Å²) in [6, 6.07) is 10.6. The fourth-order valence-corrected chi connectivity index (χ4v) is 2.58. The monoisotopic (exact) mass is 308 g/mol. The van der Waals surface area contributed by atoms with Gasteiger partial charge in [0.15, 0.2) is 0 Å². The number of halogens is 1. The SMILES string of the molecule is COc1ccccc1C(=O)N/N=C(\C)c1ccc(Cl)s1. The second kappa shape index (κ2) is 6.54. The summed E-state index contributed by atoms with van der Waals surface area (Å²) >= 11 is 7.27. The Labute approximate surface area is 126 Å². The molecular formula is C14H13ClN2O2S. The third-order valence-electron chi connectivity index (χ3n) is 2.61. The van der Waals surface area contributed by atoms with E-state index in [0.29, 0.717) is 21.4 Å². The van der Waals surface area contributed by atoms with Crippen LogP contribution in [0.25, 0.3) is 0 Å². The lowest BCUT2D eigenvalue weighted by Gasteiger charge is -2.06. The standard InChI is InChI=1S/C14H13ClN2O2S/c1-9(12-7-8-13(15)20-12)16-17-14(18)10-5-3-4-6-11(10)19-2/h3-8H,1-2H3,(H,17,18)/b16-9+. The Morgan fingerprint density at radius 1 is 1.30 bits per heavy atom. The van der Waals surface area contributed by atoms with E-state index in [2.05, 4.69) is 10.5 Å². The lowest BCUT2D eigenvalue weighted by atomic mass is 10.2. The third kappa shape index (κ3) is 3.37. The Bertz CT molecular complexity index is 652. The highest BCUT2D eigenvalue weighted by atomic mass is 35.5. The lowest BCUT2D eigenvalue weighted by molar-refractivity contribution is 0.0952. The van der Waals surface area contributed by atoms with E-state index in [1.807, 2.05) is 13.0 Å². The summed E-state index contributed by atoms with van der Waals surface area (Å²) < 4.78 is 5.82. The van der Waals surface area contributed by atoms with Gasteiger partial charge in [-0.05, 0) is 31.2 Å². The largest absolute Gasteiger partial charge is 0.496 e. The molecule has 1 amide bonds. The van der Waals surface area contributed by atoms with Gasteiger partial charge in [0.05, 0.1) is 27.6 Å². The molecule has 20 heavy (non-hydrogen) atoms. The average molecular weight is 309 g/mol. The van der Waals surface area contributed by atoms with Gasteiger partial charge in [-0.25, -0.2) is 5.43 Å². The molecule has 0 aliphatic heterocycles. The number of benzene rings is 1. The molecule has 0 aliphatic rings. The van der Waals surface area contributed by atoms with Crippen molar-refractivity contribution in [2.75, 3.05) is 7.11 Å². The minimum absolute atomic E-state index is 0.315. The number of thiophene rings is 1. The number of para-hydroxylation sites is 1. The summed E-state index contributed by atoms with van der Waals surface area (Å²) in [5, 5.41) is 4.07. The first-order valence-electron chi connectivity index (χ1n) is 5.85. The Hall–Kier alpha value is -1.85.